The van der Waals surface area contributed by atoms with Crippen molar-refractivity contribution in [2.24, 2.45) is 0 Å². The molecule has 1 aliphatic heterocycles. The number of halogens is 2. The Morgan fingerprint density at radius 3 is 2.64 bits per heavy atom. The molecule has 1 saturated heterocycles. The maximum atomic E-state index is 13.4. The van der Waals surface area contributed by atoms with Crippen LogP contribution in [-0.4, -0.2) is 26.2 Å². The first-order valence-corrected chi connectivity index (χ1v) is 4.60. The van der Waals surface area contributed by atoms with Crippen LogP contribution in [0.15, 0.2) is 18.2 Å². The Kier molecular flexibility index (Phi) is 2.29. The highest BCUT2D eigenvalue weighted by Crippen LogP contribution is 2.20. The van der Waals surface area contributed by atoms with Gasteiger partial charge in [-0.25, -0.2) is 8.78 Å². The van der Waals surface area contributed by atoms with Crippen LogP contribution in [-0.2, 0) is 0 Å². The smallest absolute Gasteiger partial charge is 0.149 e. The van der Waals surface area contributed by atoms with E-state index in [9.17, 15) is 8.78 Å². The van der Waals surface area contributed by atoms with Crippen LogP contribution in [0.25, 0.3) is 0 Å². The quantitative estimate of drug-likeness (QED) is 0.735. The second-order valence-corrected chi connectivity index (χ2v) is 3.25. The molecular weight excluding hydrogens is 186 g/mol. The van der Waals surface area contributed by atoms with Crippen molar-refractivity contribution in [2.45, 2.75) is 0 Å². The van der Waals surface area contributed by atoms with Crippen molar-refractivity contribution in [1.82, 2.24) is 5.31 Å². The standard InChI is InChI=1S/C10H12F2N2/c11-8-1-2-10(9(12)7-8)14-5-3-13-4-6-14/h1-2,7,13H,3-6H2/i/hD. The molecular formula is C10H12F2N2. The molecule has 1 aliphatic rings. The molecule has 0 aliphatic carbocycles. The first kappa shape index (κ1) is 8.17. The minimum atomic E-state index is -0.560. The largest absolute Gasteiger partial charge is 0.367 e. The lowest BCUT2D eigenvalue weighted by Crippen LogP contribution is -2.43. The zero-order valence-corrected chi connectivity index (χ0v) is 7.71. The summed E-state index contributed by atoms with van der Waals surface area (Å²) < 4.78 is 33.4. The third-order valence-corrected chi connectivity index (χ3v) is 2.31. The third kappa shape index (κ3) is 1.85. The van der Waals surface area contributed by atoms with Crippen LogP contribution in [0.2, 0.25) is 1.41 Å². The number of benzene rings is 1. The van der Waals surface area contributed by atoms with Gasteiger partial charge in [-0.2, -0.15) is 0 Å². The summed E-state index contributed by atoms with van der Waals surface area (Å²) in [6.07, 6.45) is 0. The normalized spacial score (nSPS) is 19.6. The van der Waals surface area contributed by atoms with E-state index in [1.165, 1.54) is 17.4 Å². The van der Waals surface area contributed by atoms with E-state index in [1.807, 2.05) is 4.90 Å². The summed E-state index contributed by atoms with van der Waals surface area (Å²) in [6, 6.07) is 3.60. The van der Waals surface area contributed by atoms with Crippen LogP contribution >= 0.6 is 0 Å². The molecule has 2 rings (SSSR count). The summed E-state index contributed by atoms with van der Waals surface area (Å²) in [5, 5.41) is 1.44. The first-order chi connectivity index (χ1) is 7.16. The summed E-state index contributed by atoms with van der Waals surface area (Å²) in [5.74, 6) is -1.09. The van der Waals surface area contributed by atoms with Gasteiger partial charge in [0, 0.05) is 32.2 Å². The summed E-state index contributed by atoms with van der Waals surface area (Å²) >= 11 is 0. The fourth-order valence-electron chi connectivity index (χ4n) is 1.59. The Balaban J connectivity index is 2.15. The van der Waals surface area contributed by atoms with Crippen molar-refractivity contribution >= 4 is 5.69 Å². The zero-order valence-electron chi connectivity index (χ0n) is 8.71. The van der Waals surface area contributed by atoms with Gasteiger partial charge in [0.2, 0.25) is 0 Å². The molecule has 0 unspecified atom stereocenters. The Labute approximate surface area is 83.0 Å². The number of piperazine rings is 1. The van der Waals surface area contributed by atoms with Crippen molar-refractivity contribution in [3.05, 3.63) is 29.8 Å². The van der Waals surface area contributed by atoms with Crippen molar-refractivity contribution in [1.29, 1.82) is 0 Å². The van der Waals surface area contributed by atoms with E-state index < -0.39 is 11.6 Å². The van der Waals surface area contributed by atoms with E-state index in [-0.39, 0.29) is 0 Å². The van der Waals surface area contributed by atoms with Gasteiger partial charge in [-0.15, -0.1) is 0 Å². The molecule has 0 bridgehead atoms. The zero-order chi connectivity index (χ0) is 10.8. The van der Waals surface area contributed by atoms with E-state index >= 15 is 0 Å². The van der Waals surface area contributed by atoms with Gasteiger partial charge in [0.1, 0.15) is 13.0 Å². The number of anilines is 1. The lowest BCUT2D eigenvalue weighted by molar-refractivity contribution is 0.554. The van der Waals surface area contributed by atoms with E-state index in [1.54, 1.807) is 0 Å². The Morgan fingerprint density at radius 1 is 1.29 bits per heavy atom. The van der Waals surface area contributed by atoms with Gasteiger partial charge in [-0.05, 0) is 12.1 Å². The monoisotopic (exact) mass is 199 g/mol. The van der Waals surface area contributed by atoms with Crippen molar-refractivity contribution < 1.29 is 10.2 Å². The van der Waals surface area contributed by atoms with Gasteiger partial charge in [-0.1, -0.05) is 0 Å². The third-order valence-electron chi connectivity index (χ3n) is 2.31. The molecule has 1 fully saturated rings. The minimum Gasteiger partial charge on any atom is -0.367 e. The number of rotatable bonds is 1. The Hall–Kier alpha value is -1.16. The van der Waals surface area contributed by atoms with Gasteiger partial charge in [-0.3, -0.25) is 0 Å². The average Bonchev–Trinajstić information content (AvgIpc) is 2.20. The van der Waals surface area contributed by atoms with E-state index in [4.69, 9.17) is 1.41 Å². The molecule has 1 heterocycles. The fourth-order valence-corrected chi connectivity index (χ4v) is 1.59. The van der Waals surface area contributed by atoms with E-state index in [2.05, 4.69) is 0 Å². The predicted molar refractivity (Wildman–Crippen MR) is 51.4 cm³/mol. The molecule has 76 valence electrons. The average molecular weight is 199 g/mol. The van der Waals surface area contributed by atoms with Gasteiger partial charge in [0.15, 0.2) is 0 Å². The second-order valence-electron chi connectivity index (χ2n) is 3.25. The molecule has 0 atom stereocenters. The highest BCUT2D eigenvalue weighted by Gasteiger charge is 2.14. The lowest BCUT2D eigenvalue weighted by Gasteiger charge is -2.29. The van der Waals surface area contributed by atoms with Crippen molar-refractivity contribution in [3.8, 4) is 0 Å². The molecule has 0 amide bonds. The summed E-state index contributed by atoms with van der Waals surface area (Å²) in [6.45, 7) is 2.37. The van der Waals surface area contributed by atoms with Gasteiger partial charge in [0.25, 0.3) is 0 Å². The highest BCUT2D eigenvalue weighted by molar-refractivity contribution is 5.48. The number of nitrogens with zero attached hydrogens (tertiary/aromatic N) is 1. The summed E-state index contributed by atoms with van der Waals surface area (Å²) in [4.78, 5) is 1.83. The fraction of sp³-hybridized carbons (Fsp3) is 0.400. The molecule has 2 nitrogen and oxygen atoms in total. The summed E-state index contributed by atoms with van der Waals surface area (Å²) in [7, 11) is 0. The molecule has 0 aromatic heterocycles. The minimum absolute atomic E-state index is 0.421. The van der Waals surface area contributed by atoms with Crippen LogP contribution in [0.5, 0.6) is 0 Å². The van der Waals surface area contributed by atoms with Crippen molar-refractivity contribution in [2.75, 3.05) is 31.1 Å². The maximum absolute atomic E-state index is 13.4. The summed E-state index contributed by atoms with van der Waals surface area (Å²) in [5.41, 5.74) is 0.421. The number of hydrogen-bond acceptors (Lipinski definition) is 2. The number of nitrogens with one attached hydrogen (secondary N) is 1. The number of hydrogen-bond donors (Lipinski definition) is 1. The lowest BCUT2D eigenvalue weighted by atomic mass is 10.2. The van der Waals surface area contributed by atoms with Gasteiger partial charge in [0.05, 0.1) is 5.69 Å². The molecule has 1 aromatic rings. The van der Waals surface area contributed by atoms with Crippen LogP contribution in [0, 0.1) is 11.6 Å². The van der Waals surface area contributed by atoms with Crippen LogP contribution < -0.4 is 10.2 Å². The molecule has 0 saturated carbocycles. The van der Waals surface area contributed by atoms with Crippen molar-refractivity contribution in [3.63, 3.8) is 0 Å². The Morgan fingerprint density at radius 2 is 2.00 bits per heavy atom. The van der Waals surface area contributed by atoms with E-state index in [0.717, 1.165) is 6.07 Å². The van der Waals surface area contributed by atoms with Crippen LogP contribution in [0.3, 0.4) is 0 Å². The van der Waals surface area contributed by atoms with E-state index in [0.29, 0.717) is 31.9 Å². The first-order valence-electron chi connectivity index (χ1n) is 5.05. The molecule has 0 radical (unpaired) electrons. The predicted octanol–water partition coefficient (Wildman–Crippen LogP) is 1.37. The topological polar surface area (TPSA) is 15.3 Å². The van der Waals surface area contributed by atoms with Gasteiger partial charge >= 0.3 is 0 Å². The Bertz CT molecular complexity index is 351. The molecule has 4 heteroatoms. The second kappa shape index (κ2) is 3.92. The van der Waals surface area contributed by atoms with Gasteiger partial charge < -0.3 is 10.2 Å². The van der Waals surface area contributed by atoms with Crippen LogP contribution in [0.1, 0.15) is 0 Å². The maximum Gasteiger partial charge on any atom is 0.149 e. The molecule has 1 N–H and O–H groups in total. The molecule has 14 heavy (non-hydrogen) atoms. The highest BCUT2D eigenvalue weighted by atomic mass is 19.1. The van der Waals surface area contributed by atoms with Crippen LogP contribution in [0.4, 0.5) is 14.5 Å². The molecule has 1 aromatic carbocycles. The molecule has 0 spiro atoms. The SMILES string of the molecule is [2H]N1CCN(c2ccc(F)cc2F)CC1.